The molecule has 1 aliphatic heterocycles. The molecule has 7 heteroatoms. The molecule has 1 unspecified atom stereocenters. The first kappa shape index (κ1) is 16.0. The van der Waals surface area contributed by atoms with E-state index in [-0.39, 0.29) is 18.2 Å². The van der Waals surface area contributed by atoms with E-state index >= 15 is 0 Å². The lowest BCUT2D eigenvalue weighted by Crippen LogP contribution is -2.54. The van der Waals surface area contributed by atoms with E-state index in [1.54, 1.807) is 18.4 Å². The van der Waals surface area contributed by atoms with Gasteiger partial charge >= 0.3 is 6.03 Å². The molecule has 21 heavy (non-hydrogen) atoms. The summed E-state index contributed by atoms with van der Waals surface area (Å²) in [5.41, 5.74) is 1.05. The van der Waals surface area contributed by atoms with E-state index in [1.807, 2.05) is 25.7 Å². The number of anilines is 1. The fraction of sp³-hybridized carbons (Fsp3) is 0.714. The Hall–Kier alpha value is -1.34. The first-order chi connectivity index (χ1) is 10.0. The van der Waals surface area contributed by atoms with Crippen LogP contribution in [0.15, 0.2) is 5.38 Å². The molecule has 118 valence electrons. The zero-order chi connectivity index (χ0) is 15.4. The number of urea groups is 1. The molecule has 2 rings (SSSR count). The van der Waals surface area contributed by atoms with Gasteiger partial charge in [-0.15, -0.1) is 11.3 Å². The van der Waals surface area contributed by atoms with Crippen LogP contribution in [0.5, 0.6) is 0 Å². The maximum absolute atomic E-state index is 12.2. The number of nitrogens with zero attached hydrogens (tertiary/aromatic N) is 3. The van der Waals surface area contributed by atoms with Crippen molar-refractivity contribution < 1.29 is 9.53 Å². The Balaban J connectivity index is 1.82. The van der Waals surface area contributed by atoms with E-state index < -0.39 is 0 Å². The van der Waals surface area contributed by atoms with Crippen LogP contribution in [0.25, 0.3) is 0 Å². The second-order valence-corrected chi connectivity index (χ2v) is 6.26. The van der Waals surface area contributed by atoms with Crippen LogP contribution in [-0.2, 0) is 4.74 Å². The lowest BCUT2D eigenvalue weighted by molar-refractivity contribution is 0.0878. The normalized spacial score (nSPS) is 18.5. The highest BCUT2D eigenvalue weighted by molar-refractivity contribution is 7.13. The first-order valence-electron chi connectivity index (χ1n) is 7.26. The van der Waals surface area contributed by atoms with Crippen LogP contribution < -0.4 is 10.2 Å². The number of amides is 2. The summed E-state index contributed by atoms with van der Waals surface area (Å²) < 4.78 is 5.23. The van der Waals surface area contributed by atoms with Crippen molar-refractivity contribution in [2.75, 3.05) is 38.2 Å². The van der Waals surface area contributed by atoms with Crippen LogP contribution in [0.4, 0.5) is 9.93 Å². The maximum Gasteiger partial charge on any atom is 0.317 e. The van der Waals surface area contributed by atoms with Crippen molar-refractivity contribution in [2.24, 2.45) is 0 Å². The van der Waals surface area contributed by atoms with Crippen molar-refractivity contribution in [1.82, 2.24) is 15.2 Å². The lowest BCUT2D eigenvalue weighted by atomic mass is 10.2. The fourth-order valence-corrected chi connectivity index (χ4v) is 3.05. The van der Waals surface area contributed by atoms with E-state index in [2.05, 4.69) is 20.6 Å². The third kappa shape index (κ3) is 4.07. The fourth-order valence-electron chi connectivity index (χ4n) is 2.20. The SMILES string of the molecule is COC(C)[C@H](C)NC(=O)N1CCN(c2nc(C)cs2)CC1. The van der Waals surface area contributed by atoms with Crippen molar-refractivity contribution in [1.29, 1.82) is 0 Å². The van der Waals surface area contributed by atoms with E-state index in [9.17, 15) is 4.79 Å². The van der Waals surface area contributed by atoms with Crippen molar-refractivity contribution in [3.63, 3.8) is 0 Å². The lowest BCUT2D eigenvalue weighted by Gasteiger charge is -2.35. The number of rotatable bonds is 4. The Labute approximate surface area is 130 Å². The largest absolute Gasteiger partial charge is 0.380 e. The molecule has 2 heterocycles. The molecule has 1 saturated heterocycles. The number of thiazole rings is 1. The molecule has 6 nitrogen and oxygen atoms in total. The highest BCUT2D eigenvalue weighted by Gasteiger charge is 2.24. The summed E-state index contributed by atoms with van der Waals surface area (Å²) in [7, 11) is 1.65. The van der Waals surface area contributed by atoms with Gasteiger partial charge in [-0.05, 0) is 20.8 Å². The Morgan fingerprint density at radius 1 is 1.38 bits per heavy atom. The van der Waals surface area contributed by atoms with Gasteiger partial charge in [0.25, 0.3) is 0 Å². The van der Waals surface area contributed by atoms with Gasteiger partial charge < -0.3 is 19.9 Å². The van der Waals surface area contributed by atoms with Crippen LogP contribution in [0.2, 0.25) is 0 Å². The predicted octanol–water partition coefficient (Wildman–Crippen LogP) is 1.71. The summed E-state index contributed by atoms with van der Waals surface area (Å²) in [5, 5.41) is 6.10. The molecule has 0 radical (unpaired) electrons. The molecule has 0 bridgehead atoms. The van der Waals surface area contributed by atoms with E-state index in [0.29, 0.717) is 0 Å². The Kier molecular flexibility index (Phi) is 5.41. The maximum atomic E-state index is 12.2. The van der Waals surface area contributed by atoms with E-state index in [0.717, 1.165) is 37.0 Å². The van der Waals surface area contributed by atoms with Crippen molar-refractivity contribution >= 4 is 22.5 Å². The first-order valence-corrected chi connectivity index (χ1v) is 8.14. The molecule has 1 aromatic heterocycles. The molecule has 1 N–H and O–H groups in total. The smallest absolute Gasteiger partial charge is 0.317 e. The number of piperazine rings is 1. The molecule has 1 fully saturated rings. The van der Waals surface area contributed by atoms with Gasteiger partial charge in [-0.25, -0.2) is 9.78 Å². The minimum Gasteiger partial charge on any atom is -0.380 e. The van der Waals surface area contributed by atoms with Crippen molar-refractivity contribution in [3.05, 3.63) is 11.1 Å². The summed E-state index contributed by atoms with van der Waals surface area (Å²) in [5.74, 6) is 0. The number of ether oxygens (including phenoxy) is 1. The average Bonchev–Trinajstić information content (AvgIpc) is 2.93. The van der Waals surface area contributed by atoms with Crippen LogP contribution in [-0.4, -0.2) is 61.3 Å². The van der Waals surface area contributed by atoms with Crippen molar-refractivity contribution in [2.45, 2.75) is 32.9 Å². The number of aryl methyl sites for hydroxylation is 1. The number of nitrogens with one attached hydrogen (secondary N) is 1. The number of carbonyl (C=O) groups is 1. The van der Waals surface area contributed by atoms with Crippen LogP contribution in [0.1, 0.15) is 19.5 Å². The Bertz CT molecular complexity index is 471. The summed E-state index contributed by atoms with van der Waals surface area (Å²) >= 11 is 1.66. The number of carbonyl (C=O) groups excluding carboxylic acids is 1. The van der Waals surface area contributed by atoms with Gasteiger partial charge in [0.15, 0.2) is 5.13 Å². The van der Waals surface area contributed by atoms with E-state index in [4.69, 9.17) is 4.74 Å². The summed E-state index contributed by atoms with van der Waals surface area (Å²) in [4.78, 5) is 20.8. The highest BCUT2D eigenvalue weighted by atomic mass is 32.1. The van der Waals surface area contributed by atoms with Gasteiger partial charge in [0.1, 0.15) is 0 Å². The highest BCUT2D eigenvalue weighted by Crippen LogP contribution is 2.21. The van der Waals surface area contributed by atoms with Gasteiger partial charge in [-0.3, -0.25) is 0 Å². The second kappa shape index (κ2) is 7.09. The average molecular weight is 312 g/mol. The number of hydrogen-bond acceptors (Lipinski definition) is 5. The summed E-state index contributed by atoms with van der Waals surface area (Å²) in [6.07, 6.45) is 0.00790. The summed E-state index contributed by atoms with van der Waals surface area (Å²) in [6, 6.07) is -0.0106. The molecule has 0 aliphatic carbocycles. The number of aromatic nitrogens is 1. The molecule has 0 saturated carbocycles. The van der Waals surface area contributed by atoms with Crippen LogP contribution in [0, 0.1) is 6.92 Å². The molecule has 2 amide bonds. The standard InChI is InChI=1S/C14H24N4O2S/c1-10-9-21-14(15-10)18-7-5-17(6-8-18)13(19)16-11(2)12(3)20-4/h9,11-12H,5-8H2,1-4H3,(H,16,19)/t11-,12?/m0/s1. The number of hydrogen-bond donors (Lipinski definition) is 1. The Morgan fingerprint density at radius 2 is 2.05 bits per heavy atom. The van der Waals surface area contributed by atoms with Gasteiger partial charge in [-0.2, -0.15) is 0 Å². The Morgan fingerprint density at radius 3 is 2.57 bits per heavy atom. The molecular formula is C14H24N4O2S. The molecular weight excluding hydrogens is 288 g/mol. The number of methoxy groups -OCH3 is 1. The molecule has 1 aliphatic rings. The predicted molar refractivity (Wildman–Crippen MR) is 85.1 cm³/mol. The molecule has 2 atom stereocenters. The zero-order valence-corrected chi connectivity index (χ0v) is 13.9. The van der Waals surface area contributed by atoms with Crippen molar-refractivity contribution in [3.8, 4) is 0 Å². The topological polar surface area (TPSA) is 57.7 Å². The third-order valence-electron chi connectivity index (χ3n) is 3.87. The van der Waals surface area contributed by atoms with Gasteiger partial charge in [-0.1, -0.05) is 0 Å². The van der Waals surface area contributed by atoms with Crippen LogP contribution in [0.3, 0.4) is 0 Å². The van der Waals surface area contributed by atoms with Gasteiger partial charge in [0.05, 0.1) is 17.8 Å². The van der Waals surface area contributed by atoms with E-state index in [1.165, 1.54) is 0 Å². The van der Waals surface area contributed by atoms with Gasteiger partial charge in [0.2, 0.25) is 0 Å². The third-order valence-corrected chi connectivity index (χ3v) is 4.89. The zero-order valence-electron chi connectivity index (χ0n) is 13.1. The van der Waals surface area contributed by atoms with Gasteiger partial charge in [0, 0.05) is 38.7 Å². The quantitative estimate of drug-likeness (QED) is 0.919. The molecule has 0 spiro atoms. The molecule has 1 aromatic rings. The monoisotopic (exact) mass is 312 g/mol. The second-order valence-electron chi connectivity index (χ2n) is 5.42. The summed E-state index contributed by atoms with van der Waals surface area (Å²) in [6.45, 7) is 9.01. The molecule has 0 aromatic carbocycles. The van der Waals surface area contributed by atoms with Crippen LogP contribution >= 0.6 is 11.3 Å². The minimum atomic E-state index is -0.0126. The minimum absolute atomic E-state index is 0.00198.